The van der Waals surface area contributed by atoms with Gasteiger partial charge < -0.3 is 9.26 Å². The summed E-state index contributed by atoms with van der Waals surface area (Å²) in [6.07, 6.45) is 8.15. The molecule has 2 aliphatic heterocycles. The van der Waals surface area contributed by atoms with E-state index in [9.17, 15) is 0 Å². The van der Waals surface area contributed by atoms with Crippen LogP contribution in [0.3, 0.4) is 0 Å². The van der Waals surface area contributed by atoms with E-state index in [0.717, 1.165) is 25.3 Å². The predicted molar refractivity (Wildman–Crippen MR) is 78.2 cm³/mol. The van der Waals surface area contributed by atoms with Gasteiger partial charge in [0.1, 0.15) is 6.10 Å². The van der Waals surface area contributed by atoms with E-state index in [-0.39, 0.29) is 6.10 Å². The lowest BCUT2D eigenvalue weighted by atomic mass is 10.0. The zero-order valence-corrected chi connectivity index (χ0v) is 12.8. The lowest BCUT2D eigenvalue weighted by Gasteiger charge is -2.41. The third-order valence-corrected chi connectivity index (χ3v) is 4.52. The largest absolute Gasteiger partial charge is 0.367 e. The molecule has 0 aromatic carbocycles. The van der Waals surface area contributed by atoms with Gasteiger partial charge in [0, 0.05) is 25.8 Å². The summed E-state index contributed by atoms with van der Waals surface area (Å²) in [6, 6.07) is 0.576. The number of hydrogen-bond acceptors (Lipinski definition) is 6. The van der Waals surface area contributed by atoms with Crippen molar-refractivity contribution in [2.24, 2.45) is 7.05 Å². The minimum atomic E-state index is -0.0688. The quantitative estimate of drug-likeness (QED) is 0.852. The van der Waals surface area contributed by atoms with E-state index < -0.39 is 0 Å². The number of hydrogen-bond donors (Lipinski definition) is 0. The van der Waals surface area contributed by atoms with Gasteiger partial charge in [0.15, 0.2) is 0 Å². The second-order valence-electron chi connectivity index (χ2n) is 6.21. The summed E-state index contributed by atoms with van der Waals surface area (Å²) in [7, 11) is 1.90. The van der Waals surface area contributed by atoms with Crippen LogP contribution in [-0.2, 0) is 18.2 Å². The van der Waals surface area contributed by atoms with Gasteiger partial charge in [0.25, 0.3) is 0 Å². The normalized spacial score (nSPS) is 26.0. The minimum Gasteiger partial charge on any atom is -0.367 e. The van der Waals surface area contributed by atoms with Crippen LogP contribution in [0.1, 0.15) is 42.6 Å². The molecule has 4 heterocycles. The first-order valence-electron chi connectivity index (χ1n) is 7.93. The standard InChI is InChI=1S/C15H21N5O2/c1-19-8-11(7-16-19)6-14-17-15(18-22-14)13-9-20-5-3-2-4-12(20)10-21-13/h7-8,12-13H,2-6,9-10H2,1H3. The summed E-state index contributed by atoms with van der Waals surface area (Å²) in [5, 5.41) is 8.27. The number of rotatable bonds is 3. The van der Waals surface area contributed by atoms with Gasteiger partial charge >= 0.3 is 0 Å². The molecule has 2 fully saturated rings. The van der Waals surface area contributed by atoms with Crippen LogP contribution in [0.5, 0.6) is 0 Å². The third kappa shape index (κ3) is 2.78. The first-order chi connectivity index (χ1) is 10.8. The van der Waals surface area contributed by atoms with Crippen LogP contribution in [0.25, 0.3) is 0 Å². The van der Waals surface area contributed by atoms with Crippen molar-refractivity contribution in [2.75, 3.05) is 19.7 Å². The Labute approximate surface area is 129 Å². The molecule has 22 heavy (non-hydrogen) atoms. The Morgan fingerprint density at radius 2 is 2.32 bits per heavy atom. The Bertz CT molecular complexity index is 637. The van der Waals surface area contributed by atoms with Crippen LogP contribution in [0.15, 0.2) is 16.9 Å². The van der Waals surface area contributed by atoms with Crippen LogP contribution < -0.4 is 0 Å². The fourth-order valence-electron chi connectivity index (χ4n) is 3.35. The molecule has 7 heteroatoms. The number of aromatic nitrogens is 4. The summed E-state index contributed by atoms with van der Waals surface area (Å²) in [4.78, 5) is 7.02. The lowest BCUT2D eigenvalue weighted by Crippen LogP contribution is -2.49. The van der Waals surface area contributed by atoms with Gasteiger partial charge in [-0.25, -0.2) is 0 Å². The molecule has 2 atom stereocenters. The lowest BCUT2D eigenvalue weighted by molar-refractivity contribution is -0.0805. The third-order valence-electron chi connectivity index (χ3n) is 4.52. The Hall–Kier alpha value is -1.73. The van der Waals surface area contributed by atoms with Crippen molar-refractivity contribution in [2.45, 2.75) is 37.8 Å². The molecule has 0 aliphatic carbocycles. The smallest absolute Gasteiger partial charge is 0.231 e. The predicted octanol–water partition coefficient (Wildman–Crippen LogP) is 1.32. The molecule has 4 rings (SSSR count). The maximum atomic E-state index is 5.96. The van der Waals surface area contributed by atoms with Crippen LogP contribution in [0.2, 0.25) is 0 Å². The minimum absolute atomic E-state index is 0.0688. The Morgan fingerprint density at radius 3 is 3.18 bits per heavy atom. The highest BCUT2D eigenvalue weighted by Gasteiger charge is 2.33. The van der Waals surface area contributed by atoms with E-state index in [2.05, 4.69) is 20.1 Å². The second kappa shape index (κ2) is 5.81. The summed E-state index contributed by atoms with van der Waals surface area (Å²) in [5.74, 6) is 1.29. The van der Waals surface area contributed by atoms with Crippen LogP contribution in [0.4, 0.5) is 0 Å². The van der Waals surface area contributed by atoms with Crippen molar-refractivity contribution >= 4 is 0 Å². The van der Waals surface area contributed by atoms with Crippen LogP contribution >= 0.6 is 0 Å². The molecule has 0 bridgehead atoms. The number of ether oxygens (including phenoxy) is 1. The first kappa shape index (κ1) is 13.9. The van der Waals surface area contributed by atoms with E-state index in [4.69, 9.17) is 9.26 Å². The molecule has 118 valence electrons. The Kier molecular flexibility index (Phi) is 3.67. The summed E-state index contributed by atoms with van der Waals surface area (Å²) in [5.41, 5.74) is 1.07. The molecule has 7 nitrogen and oxygen atoms in total. The molecule has 0 amide bonds. The van der Waals surface area contributed by atoms with E-state index in [1.807, 2.05) is 19.4 Å². The molecule has 2 aromatic rings. The fourth-order valence-corrected chi connectivity index (χ4v) is 3.35. The molecular weight excluding hydrogens is 282 g/mol. The maximum Gasteiger partial charge on any atom is 0.231 e. The van der Waals surface area contributed by atoms with Crippen molar-refractivity contribution in [3.05, 3.63) is 29.7 Å². The molecule has 2 aliphatic rings. The highest BCUT2D eigenvalue weighted by Crippen LogP contribution is 2.28. The van der Waals surface area contributed by atoms with E-state index in [1.165, 1.54) is 19.3 Å². The molecule has 0 radical (unpaired) electrons. The molecule has 0 saturated carbocycles. The van der Waals surface area contributed by atoms with Gasteiger partial charge in [-0.1, -0.05) is 11.6 Å². The van der Waals surface area contributed by atoms with Gasteiger partial charge in [-0.15, -0.1) is 0 Å². The van der Waals surface area contributed by atoms with Crippen LogP contribution in [0, 0.1) is 0 Å². The number of fused-ring (bicyclic) bond motifs is 1. The summed E-state index contributed by atoms with van der Waals surface area (Å²) in [6.45, 7) is 2.80. The average molecular weight is 303 g/mol. The first-order valence-corrected chi connectivity index (χ1v) is 7.93. The monoisotopic (exact) mass is 303 g/mol. The summed E-state index contributed by atoms with van der Waals surface area (Å²) >= 11 is 0. The summed E-state index contributed by atoms with van der Waals surface area (Å²) < 4.78 is 13.1. The second-order valence-corrected chi connectivity index (χ2v) is 6.21. The molecule has 0 spiro atoms. The zero-order valence-electron chi connectivity index (χ0n) is 12.8. The van der Waals surface area contributed by atoms with E-state index >= 15 is 0 Å². The van der Waals surface area contributed by atoms with Crippen molar-refractivity contribution < 1.29 is 9.26 Å². The highest BCUT2D eigenvalue weighted by atomic mass is 16.5. The SMILES string of the molecule is Cn1cc(Cc2nc(C3CN4CCCCC4CO3)no2)cn1. The zero-order chi connectivity index (χ0) is 14.9. The van der Waals surface area contributed by atoms with Crippen molar-refractivity contribution in [1.82, 2.24) is 24.8 Å². The highest BCUT2D eigenvalue weighted by molar-refractivity contribution is 5.10. The molecule has 0 N–H and O–H groups in total. The molecule has 2 saturated heterocycles. The number of aryl methyl sites for hydroxylation is 1. The van der Waals surface area contributed by atoms with Gasteiger partial charge in [0.05, 0.1) is 19.2 Å². The van der Waals surface area contributed by atoms with Gasteiger partial charge in [-0.05, 0) is 24.9 Å². The van der Waals surface area contributed by atoms with Crippen molar-refractivity contribution in [1.29, 1.82) is 0 Å². The number of nitrogens with zero attached hydrogens (tertiary/aromatic N) is 5. The van der Waals surface area contributed by atoms with E-state index in [0.29, 0.717) is 24.2 Å². The average Bonchev–Trinajstić information content (AvgIpc) is 3.16. The van der Waals surface area contributed by atoms with E-state index in [1.54, 1.807) is 4.68 Å². The van der Waals surface area contributed by atoms with Gasteiger partial charge in [-0.2, -0.15) is 10.1 Å². The van der Waals surface area contributed by atoms with Gasteiger partial charge in [-0.3, -0.25) is 9.58 Å². The Morgan fingerprint density at radius 1 is 1.36 bits per heavy atom. The van der Waals surface area contributed by atoms with Crippen LogP contribution in [-0.4, -0.2) is 50.6 Å². The number of piperidine rings is 1. The van der Waals surface area contributed by atoms with Crippen molar-refractivity contribution in [3.63, 3.8) is 0 Å². The fraction of sp³-hybridized carbons (Fsp3) is 0.667. The number of morpholine rings is 1. The topological polar surface area (TPSA) is 69.2 Å². The van der Waals surface area contributed by atoms with Crippen molar-refractivity contribution in [3.8, 4) is 0 Å². The maximum absolute atomic E-state index is 5.96. The van der Waals surface area contributed by atoms with Gasteiger partial charge in [0.2, 0.25) is 11.7 Å². The Balaban J connectivity index is 1.43. The molecular formula is C15H21N5O2. The molecule has 2 unspecified atom stereocenters. The molecule has 2 aromatic heterocycles.